The van der Waals surface area contributed by atoms with Gasteiger partial charge in [-0.25, -0.2) is 18.2 Å². The Morgan fingerprint density at radius 3 is 2.54 bits per heavy atom. The van der Waals surface area contributed by atoms with Crippen molar-refractivity contribution >= 4 is 5.65 Å². The summed E-state index contributed by atoms with van der Waals surface area (Å²) in [5.41, 5.74) is 0.502. The average Bonchev–Trinajstić information content (AvgIpc) is 3.06. The van der Waals surface area contributed by atoms with Crippen molar-refractivity contribution in [2.75, 3.05) is 0 Å². The lowest BCUT2D eigenvalue weighted by molar-refractivity contribution is -0.190. The van der Waals surface area contributed by atoms with Gasteiger partial charge in [-0.1, -0.05) is 0 Å². The standard InChI is InChI=1S/C16H11F6N5O/c1-7(16(20,21)22)28-14-10(17)2-8(4-24-14)11-6-27-12(5-23-11)25-26-13(27)9-3-15(9,18)19/h2,4-7,9H,3H2,1H3/t7-,9+/m0/s1. The summed E-state index contributed by atoms with van der Waals surface area (Å²) >= 11 is 0. The number of ether oxygens (including phenoxy) is 1. The molecule has 0 amide bonds. The van der Waals surface area contributed by atoms with E-state index in [1.165, 1.54) is 16.8 Å². The highest BCUT2D eigenvalue weighted by molar-refractivity contribution is 5.59. The molecule has 1 fully saturated rings. The molecular formula is C16H11F6N5O. The van der Waals surface area contributed by atoms with Crippen LogP contribution in [0.25, 0.3) is 16.9 Å². The first-order valence-corrected chi connectivity index (χ1v) is 8.04. The Morgan fingerprint density at radius 1 is 1.21 bits per heavy atom. The largest absolute Gasteiger partial charge is 0.463 e. The minimum atomic E-state index is -4.67. The van der Waals surface area contributed by atoms with Gasteiger partial charge in [0.2, 0.25) is 0 Å². The van der Waals surface area contributed by atoms with Crippen molar-refractivity contribution in [2.24, 2.45) is 0 Å². The maximum absolute atomic E-state index is 14.1. The molecule has 1 aliphatic carbocycles. The summed E-state index contributed by atoms with van der Waals surface area (Å²) in [6.45, 7) is 0.728. The average molecular weight is 403 g/mol. The smallest absolute Gasteiger partial charge is 0.425 e. The van der Waals surface area contributed by atoms with E-state index in [9.17, 15) is 26.3 Å². The molecule has 6 nitrogen and oxygen atoms in total. The zero-order valence-electron chi connectivity index (χ0n) is 14.1. The van der Waals surface area contributed by atoms with Crippen LogP contribution in [0.15, 0.2) is 24.7 Å². The number of fused-ring (bicyclic) bond motifs is 1. The molecule has 2 atom stereocenters. The number of rotatable bonds is 4. The number of hydrogen-bond donors (Lipinski definition) is 0. The van der Waals surface area contributed by atoms with Gasteiger partial charge in [0.1, 0.15) is 5.82 Å². The molecule has 0 N–H and O–H groups in total. The van der Waals surface area contributed by atoms with Gasteiger partial charge in [-0.2, -0.15) is 13.2 Å². The van der Waals surface area contributed by atoms with Crippen LogP contribution in [-0.4, -0.2) is 42.8 Å². The molecule has 148 valence electrons. The molecule has 0 radical (unpaired) electrons. The van der Waals surface area contributed by atoms with Crippen LogP contribution in [0, 0.1) is 5.82 Å². The van der Waals surface area contributed by atoms with E-state index in [1.54, 1.807) is 0 Å². The van der Waals surface area contributed by atoms with E-state index >= 15 is 0 Å². The second-order valence-electron chi connectivity index (χ2n) is 6.39. The van der Waals surface area contributed by atoms with E-state index < -0.39 is 35.8 Å². The highest BCUT2D eigenvalue weighted by atomic mass is 19.4. The van der Waals surface area contributed by atoms with Gasteiger partial charge >= 0.3 is 6.18 Å². The molecule has 3 aromatic rings. The third-order valence-electron chi connectivity index (χ3n) is 4.31. The van der Waals surface area contributed by atoms with Crippen LogP contribution in [0.5, 0.6) is 5.88 Å². The lowest BCUT2D eigenvalue weighted by atomic mass is 10.2. The van der Waals surface area contributed by atoms with Gasteiger partial charge in [-0.3, -0.25) is 9.38 Å². The molecule has 0 unspecified atom stereocenters. The Morgan fingerprint density at radius 2 is 1.93 bits per heavy atom. The Hall–Kier alpha value is -2.92. The summed E-state index contributed by atoms with van der Waals surface area (Å²) in [7, 11) is 0. The predicted molar refractivity (Wildman–Crippen MR) is 82.4 cm³/mol. The second-order valence-corrected chi connectivity index (χ2v) is 6.39. The highest BCUT2D eigenvalue weighted by Crippen LogP contribution is 2.55. The van der Waals surface area contributed by atoms with Crippen LogP contribution in [-0.2, 0) is 0 Å². The first kappa shape index (κ1) is 18.4. The Kier molecular flexibility index (Phi) is 3.98. The molecule has 4 rings (SSSR count). The molecule has 0 saturated heterocycles. The van der Waals surface area contributed by atoms with Crippen molar-refractivity contribution in [3.05, 3.63) is 36.3 Å². The zero-order chi connectivity index (χ0) is 20.3. The summed E-state index contributed by atoms with van der Waals surface area (Å²) in [5.74, 6) is -5.79. The van der Waals surface area contributed by atoms with E-state index in [0.29, 0.717) is 0 Å². The van der Waals surface area contributed by atoms with E-state index in [4.69, 9.17) is 0 Å². The molecule has 0 aliphatic heterocycles. The first-order valence-electron chi connectivity index (χ1n) is 8.04. The number of halogens is 6. The molecule has 28 heavy (non-hydrogen) atoms. The van der Waals surface area contributed by atoms with Crippen molar-refractivity contribution in [3.63, 3.8) is 0 Å². The van der Waals surface area contributed by atoms with Gasteiger partial charge in [0.05, 0.1) is 17.8 Å². The van der Waals surface area contributed by atoms with Crippen molar-refractivity contribution < 1.29 is 31.1 Å². The van der Waals surface area contributed by atoms with Crippen LogP contribution in [0.3, 0.4) is 0 Å². The van der Waals surface area contributed by atoms with Gasteiger partial charge in [0, 0.05) is 24.4 Å². The third kappa shape index (κ3) is 3.22. The monoisotopic (exact) mass is 403 g/mol. The van der Waals surface area contributed by atoms with E-state index in [2.05, 4.69) is 24.9 Å². The molecule has 1 aliphatic rings. The third-order valence-corrected chi connectivity index (χ3v) is 4.31. The molecule has 12 heteroatoms. The molecular weight excluding hydrogens is 392 g/mol. The minimum absolute atomic E-state index is 0.0519. The molecule has 0 aromatic carbocycles. The molecule has 0 spiro atoms. The number of alkyl halides is 5. The van der Waals surface area contributed by atoms with Crippen LogP contribution in [0.4, 0.5) is 26.3 Å². The summed E-state index contributed by atoms with van der Waals surface area (Å²) < 4.78 is 84.3. The lowest BCUT2D eigenvalue weighted by Gasteiger charge is -2.17. The quantitative estimate of drug-likeness (QED) is 0.621. The van der Waals surface area contributed by atoms with Crippen LogP contribution >= 0.6 is 0 Å². The number of pyridine rings is 1. The summed E-state index contributed by atoms with van der Waals surface area (Å²) in [6, 6.07) is 0.898. The molecule has 3 heterocycles. The number of hydrogen-bond acceptors (Lipinski definition) is 5. The zero-order valence-corrected chi connectivity index (χ0v) is 14.1. The van der Waals surface area contributed by atoms with Crippen LogP contribution < -0.4 is 4.74 Å². The van der Waals surface area contributed by atoms with Crippen LogP contribution in [0.2, 0.25) is 0 Å². The van der Waals surface area contributed by atoms with Crippen molar-refractivity contribution in [1.29, 1.82) is 0 Å². The Labute approximate surface area is 153 Å². The summed E-state index contributed by atoms with van der Waals surface area (Å²) in [4.78, 5) is 7.61. The lowest BCUT2D eigenvalue weighted by Crippen LogP contribution is -2.31. The van der Waals surface area contributed by atoms with Crippen molar-refractivity contribution in [3.8, 4) is 17.1 Å². The summed E-state index contributed by atoms with van der Waals surface area (Å²) in [5, 5.41) is 7.52. The van der Waals surface area contributed by atoms with Crippen molar-refractivity contribution in [1.82, 2.24) is 24.6 Å². The van der Waals surface area contributed by atoms with Gasteiger partial charge in [-0.05, 0) is 13.0 Å². The maximum Gasteiger partial charge on any atom is 0.425 e. The summed E-state index contributed by atoms with van der Waals surface area (Å²) in [6.07, 6.45) is -3.57. The topological polar surface area (TPSA) is 65.2 Å². The number of aromatic nitrogens is 5. The maximum atomic E-state index is 14.1. The van der Waals surface area contributed by atoms with E-state index in [-0.39, 0.29) is 29.1 Å². The van der Waals surface area contributed by atoms with E-state index in [0.717, 1.165) is 19.2 Å². The molecule has 1 saturated carbocycles. The normalized spacial score (nSPS) is 19.6. The second kappa shape index (κ2) is 6.04. The SMILES string of the molecule is C[C@H](Oc1ncc(-c2cn3c([C@H]4CC4(F)F)nnc3cn2)cc1F)C(F)(F)F. The predicted octanol–water partition coefficient (Wildman–Crippen LogP) is 3.78. The minimum Gasteiger partial charge on any atom is -0.463 e. The Balaban J connectivity index is 1.65. The van der Waals surface area contributed by atoms with Gasteiger partial charge in [-0.15, -0.1) is 10.2 Å². The van der Waals surface area contributed by atoms with Gasteiger partial charge in [0.15, 0.2) is 17.6 Å². The molecule has 0 bridgehead atoms. The van der Waals surface area contributed by atoms with Crippen LogP contribution in [0.1, 0.15) is 25.1 Å². The van der Waals surface area contributed by atoms with Gasteiger partial charge < -0.3 is 4.74 Å². The Bertz CT molecular complexity index is 1050. The first-order chi connectivity index (χ1) is 13.1. The van der Waals surface area contributed by atoms with E-state index in [1.807, 2.05) is 0 Å². The fraction of sp³-hybridized carbons (Fsp3) is 0.375. The number of nitrogens with zero attached hydrogens (tertiary/aromatic N) is 5. The highest BCUT2D eigenvalue weighted by Gasteiger charge is 2.60. The van der Waals surface area contributed by atoms with Crippen molar-refractivity contribution in [2.45, 2.75) is 37.5 Å². The fourth-order valence-electron chi connectivity index (χ4n) is 2.59. The van der Waals surface area contributed by atoms with Gasteiger partial charge in [0.25, 0.3) is 11.8 Å². The molecule has 3 aromatic heterocycles. The fourth-order valence-corrected chi connectivity index (χ4v) is 2.59.